The lowest BCUT2D eigenvalue weighted by Crippen LogP contribution is -2.43. The molecule has 3 heteroatoms. The Labute approximate surface area is 104 Å². The van der Waals surface area contributed by atoms with E-state index < -0.39 is 0 Å². The van der Waals surface area contributed by atoms with Gasteiger partial charge in [0.05, 0.1) is 6.54 Å². The Morgan fingerprint density at radius 1 is 1.29 bits per heavy atom. The third kappa shape index (κ3) is 2.88. The maximum Gasteiger partial charge on any atom is 0.223 e. The van der Waals surface area contributed by atoms with Crippen LogP contribution in [0.5, 0.6) is 0 Å². The molecule has 0 N–H and O–H groups in total. The summed E-state index contributed by atoms with van der Waals surface area (Å²) in [4.78, 5) is 25.5. The van der Waals surface area contributed by atoms with Gasteiger partial charge in [0, 0.05) is 18.4 Å². The molecular formula is C14H23NO2. The number of Topliss-reactive ketones (excluding diaryl/α,β-unsaturated/α-hetero) is 1. The van der Waals surface area contributed by atoms with Crippen LogP contribution in [0.15, 0.2) is 0 Å². The lowest BCUT2D eigenvalue weighted by Gasteiger charge is -2.32. The van der Waals surface area contributed by atoms with E-state index in [1.165, 1.54) is 32.1 Å². The first kappa shape index (κ1) is 12.6. The number of hydrogen-bond donors (Lipinski definition) is 0. The molecule has 1 saturated carbocycles. The summed E-state index contributed by atoms with van der Waals surface area (Å²) in [6.07, 6.45) is 7.39. The number of likely N-dealkylation sites (tertiary alicyclic amines) is 1. The smallest absolute Gasteiger partial charge is 0.223 e. The maximum absolute atomic E-state index is 12.2. The van der Waals surface area contributed by atoms with Crippen LogP contribution in [0.25, 0.3) is 0 Å². The summed E-state index contributed by atoms with van der Waals surface area (Å²) in [5.41, 5.74) is -0.261. The topological polar surface area (TPSA) is 37.4 Å². The van der Waals surface area contributed by atoms with Crippen LogP contribution in [-0.2, 0) is 9.59 Å². The first-order valence-corrected chi connectivity index (χ1v) is 6.81. The van der Waals surface area contributed by atoms with E-state index in [1.54, 1.807) is 4.90 Å². The van der Waals surface area contributed by atoms with Crippen molar-refractivity contribution in [2.75, 3.05) is 6.54 Å². The molecule has 0 aromatic heterocycles. The lowest BCUT2D eigenvalue weighted by molar-refractivity contribution is -0.136. The van der Waals surface area contributed by atoms with Crippen LogP contribution in [0.4, 0.5) is 0 Å². The summed E-state index contributed by atoms with van der Waals surface area (Å²) < 4.78 is 0. The van der Waals surface area contributed by atoms with Crippen molar-refractivity contribution >= 4 is 11.7 Å². The minimum Gasteiger partial charge on any atom is -0.330 e. The second-order valence-electron chi connectivity index (χ2n) is 6.22. The van der Waals surface area contributed by atoms with Gasteiger partial charge in [-0.2, -0.15) is 0 Å². The third-order valence-corrected chi connectivity index (χ3v) is 4.18. The monoisotopic (exact) mass is 237 g/mol. The Hall–Kier alpha value is -0.860. The minimum atomic E-state index is -0.261. The summed E-state index contributed by atoms with van der Waals surface area (Å²) in [7, 11) is 0. The van der Waals surface area contributed by atoms with Crippen molar-refractivity contribution in [2.24, 2.45) is 5.92 Å². The highest BCUT2D eigenvalue weighted by molar-refractivity contribution is 5.91. The number of ketones is 1. The largest absolute Gasteiger partial charge is 0.330 e. The Morgan fingerprint density at radius 2 is 1.94 bits per heavy atom. The number of rotatable bonds is 2. The van der Waals surface area contributed by atoms with Gasteiger partial charge in [-0.3, -0.25) is 9.59 Å². The van der Waals surface area contributed by atoms with Gasteiger partial charge in [-0.15, -0.1) is 0 Å². The summed E-state index contributed by atoms with van der Waals surface area (Å²) in [6, 6.07) is 0. The summed E-state index contributed by atoms with van der Waals surface area (Å²) >= 11 is 0. The molecule has 1 aliphatic heterocycles. The highest BCUT2D eigenvalue weighted by atomic mass is 16.2. The number of nitrogens with zero attached hydrogens (tertiary/aromatic N) is 1. The van der Waals surface area contributed by atoms with Crippen LogP contribution in [0.3, 0.4) is 0 Å². The Morgan fingerprint density at radius 3 is 2.47 bits per heavy atom. The molecule has 1 saturated heterocycles. The van der Waals surface area contributed by atoms with E-state index in [1.807, 2.05) is 13.8 Å². The van der Waals surface area contributed by atoms with E-state index in [-0.39, 0.29) is 17.2 Å². The molecule has 1 amide bonds. The normalized spacial score (nSPS) is 25.3. The fourth-order valence-electron chi connectivity index (χ4n) is 3.20. The minimum absolute atomic E-state index is 0.188. The molecule has 0 aromatic carbocycles. The molecule has 0 bridgehead atoms. The standard InChI is InChI=1S/C14H23NO2/c1-14(2)9-12(16)10-15(14)13(17)8-11-6-4-3-5-7-11/h11H,3-10H2,1-2H3. The van der Waals surface area contributed by atoms with E-state index >= 15 is 0 Å². The fraction of sp³-hybridized carbons (Fsp3) is 0.857. The van der Waals surface area contributed by atoms with Gasteiger partial charge in [-0.05, 0) is 32.6 Å². The Bertz CT molecular complexity index is 316. The molecule has 1 heterocycles. The van der Waals surface area contributed by atoms with Crippen LogP contribution in [-0.4, -0.2) is 28.7 Å². The quantitative estimate of drug-likeness (QED) is 0.740. The van der Waals surface area contributed by atoms with Crippen LogP contribution in [0.2, 0.25) is 0 Å². The number of amides is 1. The maximum atomic E-state index is 12.2. The summed E-state index contributed by atoms with van der Waals surface area (Å²) in [5, 5.41) is 0. The molecular weight excluding hydrogens is 214 g/mol. The Balaban J connectivity index is 1.93. The highest BCUT2D eigenvalue weighted by Gasteiger charge is 2.40. The van der Waals surface area contributed by atoms with Crippen molar-refractivity contribution < 1.29 is 9.59 Å². The number of carbonyl (C=O) groups is 2. The molecule has 0 spiro atoms. The Kier molecular flexibility index (Phi) is 3.55. The third-order valence-electron chi connectivity index (χ3n) is 4.18. The van der Waals surface area contributed by atoms with Crippen molar-refractivity contribution in [3.63, 3.8) is 0 Å². The first-order valence-electron chi connectivity index (χ1n) is 6.81. The second-order valence-corrected chi connectivity index (χ2v) is 6.22. The van der Waals surface area contributed by atoms with Crippen molar-refractivity contribution in [2.45, 2.75) is 64.3 Å². The van der Waals surface area contributed by atoms with Crippen molar-refractivity contribution in [3.05, 3.63) is 0 Å². The number of carbonyl (C=O) groups excluding carboxylic acids is 2. The zero-order valence-electron chi connectivity index (χ0n) is 11.0. The zero-order chi connectivity index (χ0) is 12.5. The van der Waals surface area contributed by atoms with E-state index in [0.717, 1.165) is 0 Å². The van der Waals surface area contributed by atoms with Gasteiger partial charge in [0.25, 0.3) is 0 Å². The molecule has 0 atom stereocenters. The van der Waals surface area contributed by atoms with Gasteiger partial charge >= 0.3 is 0 Å². The summed E-state index contributed by atoms with van der Waals surface area (Å²) in [5.74, 6) is 0.947. The SMILES string of the molecule is CC1(C)CC(=O)CN1C(=O)CC1CCCCC1. The molecule has 17 heavy (non-hydrogen) atoms. The van der Waals surface area contributed by atoms with Crippen LogP contribution in [0, 0.1) is 5.92 Å². The molecule has 2 fully saturated rings. The van der Waals surface area contributed by atoms with E-state index in [0.29, 0.717) is 25.3 Å². The van der Waals surface area contributed by atoms with E-state index in [9.17, 15) is 9.59 Å². The highest BCUT2D eigenvalue weighted by Crippen LogP contribution is 2.31. The van der Waals surface area contributed by atoms with Crippen LogP contribution in [0.1, 0.15) is 58.8 Å². The predicted octanol–water partition coefficient (Wildman–Crippen LogP) is 2.54. The van der Waals surface area contributed by atoms with Gasteiger partial charge in [-0.1, -0.05) is 19.3 Å². The molecule has 0 aromatic rings. The average molecular weight is 237 g/mol. The lowest BCUT2D eigenvalue weighted by atomic mass is 9.86. The van der Waals surface area contributed by atoms with Gasteiger partial charge in [0.2, 0.25) is 5.91 Å². The van der Waals surface area contributed by atoms with Crippen LogP contribution < -0.4 is 0 Å². The van der Waals surface area contributed by atoms with Gasteiger partial charge < -0.3 is 4.90 Å². The molecule has 3 nitrogen and oxygen atoms in total. The molecule has 96 valence electrons. The first-order chi connectivity index (χ1) is 7.99. The van der Waals surface area contributed by atoms with Crippen LogP contribution >= 0.6 is 0 Å². The average Bonchev–Trinajstić information content (AvgIpc) is 2.53. The summed E-state index contributed by atoms with van der Waals surface area (Å²) in [6.45, 7) is 4.33. The van der Waals surface area contributed by atoms with Gasteiger partial charge in [-0.25, -0.2) is 0 Å². The molecule has 0 radical (unpaired) electrons. The fourth-order valence-corrected chi connectivity index (χ4v) is 3.20. The van der Waals surface area contributed by atoms with Gasteiger partial charge in [0.15, 0.2) is 5.78 Å². The van der Waals surface area contributed by atoms with E-state index in [4.69, 9.17) is 0 Å². The predicted molar refractivity (Wildman–Crippen MR) is 66.6 cm³/mol. The van der Waals surface area contributed by atoms with Crippen molar-refractivity contribution in [1.29, 1.82) is 0 Å². The molecule has 2 rings (SSSR count). The molecule has 2 aliphatic rings. The molecule has 0 unspecified atom stereocenters. The molecule has 1 aliphatic carbocycles. The number of hydrogen-bond acceptors (Lipinski definition) is 2. The van der Waals surface area contributed by atoms with Gasteiger partial charge in [0.1, 0.15) is 0 Å². The zero-order valence-corrected chi connectivity index (χ0v) is 11.0. The second kappa shape index (κ2) is 4.79. The van der Waals surface area contributed by atoms with E-state index in [2.05, 4.69) is 0 Å². The van der Waals surface area contributed by atoms with Crippen molar-refractivity contribution in [1.82, 2.24) is 4.90 Å². The van der Waals surface area contributed by atoms with Crippen molar-refractivity contribution in [3.8, 4) is 0 Å².